The van der Waals surface area contributed by atoms with Gasteiger partial charge in [-0.05, 0) is 28.3 Å². The van der Waals surface area contributed by atoms with Crippen molar-refractivity contribution in [2.24, 2.45) is 5.11 Å². The molecule has 0 aliphatic carbocycles. The van der Waals surface area contributed by atoms with Gasteiger partial charge in [-0.3, -0.25) is 4.79 Å². The predicted octanol–water partition coefficient (Wildman–Crippen LogP) is 5.16. The number of benzene rings is 3. The third kappa shape index (κ3) is 4.08. The number of hydrogen-bond donors (Lipinski definition) is 0. The Balaban J connectivity index is 1.78. The molecule has 1 heterocycles. The van der Waals surface area contributed by atoms with E-state index in [9.17, 15) is 4.79 Å². The lowest BCUT2D eigenvalue weighted by Gasteiger charge is -2.37. The minimum absolute atomic E-state index is 0.0146. The summed E-state index contributed by atoms with van der Waals surface area (Å²) in [5.74, 6) is -0.330. The quantitative estimate of drug-likeness (QED) is 0.233. The first-order valence-corrected chi connectivity index (χ1v) is 9.96. The molecule has 2 atom stereocenters. The van der Waals surface area contributed by atoms with Crippen LogP contribution >= 0.6 is 0 Å². The molecule has 0 amide bonds. The van der Waals surface area contributed by atoms with Crippen LogP contribution in [0.5, 0.6) is 0 Å². The van der Waals surface area contributed by atoms with Crippen molar-refractivity contribution in [3.05, 3.63) is 130 Å². The standard InChI is InChI=1S/C25H21N3O3/c26-28-27-22-16-17-30-23(24(22)29)18-31-25(19-10-4-1-5-11-19,20-12-6-2-7-13-20)21-14-8-3-9-15-21/h1-17,22-23H,18H2/t22-,23+/m0/s1. The minimum Gasteiger partial charge on any atom is -0.488 e. The van der Waals surface area contributed by atoms with E-state index >= 15 is 0 Å². The average Bonchev–Trinajstić information content (AvgIpc) is 2.84. The van der Waals surface area contributed by atoms with E-state index in [1.807, 2.05) is 91.0 Å². The summed E-state index contributed by atoms with van der Waals surface area (Å²) in [7, 11) is 0. The fourth-order valence-corrected chi connectivity index (χ4v) is 3.81. The molecule has 0 N–H and O–H groups in total. The second-order valence-electron chi connectivity index (χ2n) is 7.10. The zero-order valence-electron chi connectivity index (χ0n) is 16.7. The SMILES string of the molecule is [N-]=[N+]=N[C@H]1C=CO[C@H](COC(c2ccccc2)(c2ccccc2)c2ccccc2)C1=O. The van der Waals surface area contributed by atoms with Gasteiger partial charge in [0.15, 0.2) is 11.9 Å². The summed E-state index contributed by atoms with van der Waals surface area (Å²) in [4.78, 5) is 15.5. The molecule has 3 aromatic carbocycles. The number of ether oxygens (including phenoxy) is 2. The Kier molecular flexibility index (Phi) is 6.13. The Morgan fingerprint density at radius 2 is 1.35 bits per heavy atom. The molecule has 0 radical (unpaired) electrons. The van der Waals surface area contributed by atoms with E-state index in [1.165, 1.54) is 12.3 Å². The number of carbonyl (C=O) groups is 1. The predicted molar refractivity (Wildman–Crippen MR) is 117 cm³/mol. The van der Waals surface area contributed by atoms with Crippen LogP contribution in [0.1, 0.15) is 16.7 Å². The van der Waals surface area contributed by atoms with Crippen molar-refractivity contribution in [2.45, 2.75) is 17.7 Å². The van der Waals surface area contributed by atoms with Gasteiger partial charge in [-0.15, -0.1) is 0 Å². The van der Waals surface area contributed by atoms with Gasteiger partial charge in [-0.1, -0.05) is 96.1 Å². The van der Waals surface area contributed by atoms with Gasteiger partial charge in [0.05, 0.1) is 12.9 Å². The molecule has 6 heteroatoms. The Bertz CT molecular complexity index is 998. The molecule has 0 aromatic heterocycles. The highest BCUT2D eigenvalue weighted by Crippen LogP contribution is 2.40. The van der Waals surface area contributed by atoms with Crippen molar-refractivity contribution >= 4 is 5.78 Å². The molecule has 0 unspecified atom stereocenters. The van der Waals surface area contributed by atoms with E-state index in [4.69, 9.17) is 15.0 Å². The van der Waals surface area contributed by atoms with E-state index in [2.05, 4.69) is 10.0 Å². The Labute approximate surface area is 180 Å². The number of hydrogen-bond acceptors (Lipinski definition) is 4. The molecular weight excluding hydrogens is 390 g/mol. The lowest BCUT2D eigenvalue weighted by Crippen LogP contribution is -2.42. The van der Waals surface area contributed by atoms with Crippen LogP contribution in [0.15, 0.2) is 108 Å². The van der Waals surface area contributed by atoms with Gasteiger partial charge in [0, 0.05) is 4.91 Å². The van der Waals surface area contributed by atoms with E-state index in [0.717, 1.165) is 16.7 Å². The van der Waals surface area contributed by atoms with Gasteiger partial charge in [0.25, 0.3) is 0 Å². The monoisotopic (exact) mass is 411 g/mol. The van der Waals surface area contributed by atoms with Gasteiger partial charge < -0.3 is 9.47 Å². The number of Topliss-reactive ketones (excluding diaryl/α,β-unsaturated/α-hetero) is 1. The van der Waals surface area contributed by atoms with E-state index in [-0.39, 0.29) is 12.4 Å². The fraction of sp³-hybridized carbons (Fsp3) is 0.160. The first-order chi connectivity index (χ1) is 15.3. The van der Waals surface area contributed by atoms with E-state index < -0.39 is 17.7 Å². The molecule has 6 nitrogen and oxygen atoms in total. The van der Waals surface area contributed by atoms with Crippen molar-refractivity contribution in [3.63, 3.8) is 0 Å². The van der Waals surface area contributed by atoms with Gasteiger partial charge in [-0.2, -0.15) is 0 Å². The molecule has 154 valence electrons. The lowest BCUT2D eigenvalue weighted by atomic mass is 9.80. The van der Waals surface area contributed by atoms with Crippen LogP contribution < -0.4 is 0 Å². The van der Waals surface area contributed by atoms with Crippen molar-refractivity contribution in [2.75, 3.05) is 6.61 Å². The largest absolute Gasteiger partial charge is 0.488 e. The minimum atomic E-state index is -0.956. The Morgan fingerprint density at radius 3 is 1.81 bits per heavy atom. The lowest BCUT2D eigenvalue weighted by molar-refractivity contribution is -0.135. The van der Waals surface area contributed by atoms with Crippen LogP contribution in [-0.4, -0.2) is 24.5 Å². The molecule has 1 aliphatic heterocycles. The number of nitrogens with zero attached hydrogens (tertiary/aromatic N) is 3. The van der Waals surface area contributed by atoms with Crippen LogP contribution in [0.3, 0.4) is 0 Å². The summed E-state index contributed by atoms with van der Waals surface area (Å²) < 4.78 is 12.1. The maximum atomic E-state index is 12.7. The van der Waals surface area contributed by atoms with Gasteiger partial charge in [-0.25, -0.2) is 0 Å². The number of rotatable bonds is 7. The highest BCUT2D eigenvalue weighted by molar-refractivity contribution is 5.91. The van der Waals surface area contributed by atoms with Crippen LogP contribution in [0.4, 0.5) is 0 Å². The summed E-state index contributed by atoms with van der Waals surface area (Å²) in [5.41, 5.74) is 10.6. The summed E-state index contributed by atoms with van der Waals surface area (Å²) in [6.07, 6.45) is 1.96. The van der Waals surface area contributed by atoms with Crippen LogP contribution in [0, 0.1) is 0 Å². The first kappa shape index (κ1) is 20.4. The number of ketones is 1. The molecular formula is C25H21N3O3. The third-order valence-corrected chi connectivity index (χ3v) is 5.28. The molecule has 0 fully saturated rings. The number of carbonyl (C=O) groups excluding carboxylic acids is 1. The van der Waals surface area contributed by atoms with Crippen molar-refractivity contribution in [3.8, 4) is 0 Å². The van der Waals surface area contributed by atoms with Crippen molar-refractivity contribution in [1.29, 1.82) is 0 Å². The highest BCUT2D eigenvalue weighted by atomic mass is 16.5. The molecule has 4 rings (SSSR count). The molecule has 1 aliphatic rings. The second kappa shape index (κ2) is 9.30. The topological polar surface area (TPSA) is 84.3 Å². The number of azide groups is 1. The smallest absolute Gasteiger partial charge is 0.188 e. The Morgan fingerprint density at radius 1 is 0.871 bits per heavy atom. The second-order valence-corrected chi connectivity index (χ2v) is 7.10. The summed E-state index contributed by atoms with van der Waals surface area (Å²) in [6, 6.07) is 28.8. The van der Waals surface area contributed by atoms with Crippen molar-refractivity contribution in [1.82, 2.24) is 0 Å². The molecule has 0 spiro atoms. The molecule has 0 bridgehead atoms. The summed E-state index contributed by atoms with van der Waals surface area (Å²) in [5, 5.41) is 3.54. The molecule has 0 saturated heterocycles. The normalized spacial score (nSPS) is 18.1. The van der Waals surface area contributed by atoms with Crippen LogP contribution in [0.25, 0.3) is 10.4 Å². The zero-order chi connectivity index (χ0) is 21.5. The Hall–Kier alpha value is -3.86. The maximum absolute atomic E-state index is 12.7. The highest BCUT2D eigenvalue weighted by Gasteiger charge is 2.40. The maximum Gasteiger partial charge on any atom is 0.188 e. The average molecular weight is 411 g/mol. The van der Waals surface area contributed by atoms with Crippen LogP contribution in [-0.2, 0) is 19.9 Å². The summed E-state index contributed by atoms with van der Waals surface area (Å²) >= 11 is 0. The molecule has 3 aromatic rings. The van der Waals surface area contributed by atoms with Crippen molar-refractivity contribution < 1.29 is 14.3 Å². The van der Waals surface area contributed by atoms with Gasteiger partial charge in [0.2, 0.25) is 0 Å². The zero-order valence-corrected chi connectivity index (χ0v) is 16.7. The fourth-order valence-electron chi connectivity index (χ4n) is 3.81. The van der Waals surface area contributed by atoms with Crippen LogP contribution in [0.2, 0.25) is 0 Å². The molecule has 31 heavy (non-hydrogen) atoms. The van der Waals surface area contributed by atoms with Gasteiger partial charge >= 0.3 is 0 Å². The van der Waals surface area contributed by atoms with E-state index in [0.29, 0.717) is 0 Å². The van der Waals surface area contributed by atoms with Gasteiger partial charge in [0.1, 0.15) is 11.6 Å². The third-order valence-electron chi connectivity index (χ3n) is 5.28. The summed E-state index contributed by atoms with van der Waals surface area (Å²) in [6.45, 7) is -0.0146. The molecule has 0 saturated carbocycles. The van der Waals surface area contributed by atoms with E-state index in [1.54, 1.807) is 0 Å². The first-order valence-electron chi connectivity index (χ1n) is 9.96.